The lowest BCUT2D eigenvalue weighted by atomic mass is 10.1. The Balaban J connectivity index is 0.000000405. The summed E-state index contributed by atoms with van der Waals surface area (Å²) in [6, 6.07) is 0. The maximum atomic E-state index is 2.24. The third-order valence-corrected chi connectivity index (χ3v) is 1.94. The van der Waals surface area contributed by atoms with Crippen molar-refractivity contribution in [3.63, 3.8) is 0 Å². The second-order valence-corrected chi connectivity index (χ2v) is 2.39. The molecular weight excluding hydrogens is 110 g/mol. The van der Waals surface area contributed by atoms with Crippen LogP contribution in [-0.4, -0.2) is 0 Å². The van der Waals surface area contributed by atoms with Crippen LogP contribution < -0.4 is 6.15 Å². The van der Waals surface area contributed by atoms with E-state index in [9.17, 15) is 0 Å². The molecule has 0 fully saturated rings. The Hall–Kier alpha value is -0.820. The summed E-state index contributed by atoms with van der Waals surface area (Å²) in [6.07, 6.45) is 8.78. The fraction of sp³-hybridized carbons (Fsp3) is 0.250. The minimum absolute atomic E-state index is 0. The highest BCUT2D eigenvalue weighted by Gasteiger charge is 2.18. The molecule has 2 rings (SSSR count). The van der Waals surface area contributed by atoms with Crippen LogP contribution in [0.2, 0.25) is 0 Å². The SMILES string of the molecule is CC1C2=CC=C1C=C2.N. The Morgan fingerprint density at radius 1 is 1.11 bits per heavy atom. The summed E-state index contributed by atoms with van der Waals surface area (Å²) in [7, 11) is 0. The largest absolute Gasteiger partial charge is 0.344 e. The smallest absolute Gasteiger partial charge is 0.00610 e. The molecule has 0 spiro atoms. The Bertz CT molecular complexity index is 187. The van der Waals surface area contributed by atoms with Gasteiger partial charge in [-0.1, -0.05) is 31.2 Å². The highest BCUT2D eigenvalue weighted by atomic mass is 14.2. The topological polar surface area (TPSA) is 35.0 Å². The average Bonchev–Trinajstić information content (AvgIpc) is 2.29. The number of rotatable bonds is 0. The van der Waals surface area contributed by atoms with Gasteiger partial charge in [0, 0.05) is 5.92 Å². The molecule has 0 unspecified atom stereocenters. The van der Waals surface area contributed by atoms with Crippen LogP contribution in [0.1, 0.15) is 6.92 Å². The summed E-state index contributed by atoms with van der Waals surface area (Å²) >= 11 is 0. The minimum Gasteiger partial charge on any atom is -0.344 e. The molecule has 0 aliphatic heterocycles. The quantitative estimate of drug-likeness (QED) is 0.524. The van der Waals surface area contributed by atoms with Crippen molar-refractivity contribution in [3.05, 3.63) is 35.5 Å². The van der Waals surface area contributed by atoms with Gasteiger partial charge >= 0.3 is 0 Å². The number of hydrogen-bond acceptors (Lipinski definition) is 1. The summed E-state index contributed by atoms with van der Waals surface area (Å²) in [5.74, 6) is 0.704. The third kappa shape index (κ3) is 0.653. The molecule has 0 heterocycles. The fourth-order valence-corrected chi connectivity index (χ4v) is 1.27. The Morgan fingerprint density at radius 3 is 1.67 bits per heavy atom. The summed E-state index contributed by atoms with van der Waals surface area (Å²) < 4.78 is 0. The lowest BCUT2D eigenvalue weighted by molar-refractivity contribution is 0.895. The third-order valence-electron chi connectivity index (χ3n) is 1.94. The van der Waals surface area contributed by atoms with Crippen molar-refractivity contribution in [2.45, 2.75) is 6.92 Å². The Morgan fingerprint density at radius 2 is 1.56 bits per heavy atom. The first-order valence-electron chi connectivity index (χ1n) is 2.98. The predicted octanol–water partition coefficient (Wildman–Crippen LogP) is 2.22. The molecule has 0 radical (unpaired) electrons. The second kappa shape index (κ2) is 1.85. The van der Waals surface area contributed by atoms with Crippen LogP contribution in [0, 0.1) is 5.92 Å². The second-order valence-electron chi connectivity index (χ2n) is 2.39. The van der Waals surface area contributed by atoms with Crippen LogP contribution in [0.3, 0.4) is 0 Å². The van der Waals surface area contributed by atoms with E-state index in [4.69, 9.17) is 0 Å². The van der Waals surface area contributed by atoms with Gasteiger partial charge < -0.3 is 6.15 Å². The lowest BCUT2D eigenvalue weighted by Gasteiger charge is -1.97. The molecule has 0 amide bonds. The molecule has 0 saturated heterocycles. The van der Waals surface area contributed by atoms with E-state index in [2.05, 4.69) is 31.2 Å². The summed E-state index contributed by atoms with van der Waals surface area (Å²) in [4.78, 5) is 0. The van der Waals surface area contributed by atoms with Gasteiger partial charge in [0.25, 0.3) is 0 Å². The predicted molar refractivity (Wildman–Crippen MR) is 39.5 cm³/mol. The van der Waals surface area contributed by atoms with Crippen molar-refractivity contribution >= 4 is 0 Å². The van der Waals surface area contributed by atoms with Crippen LogP contribution in [-0.2, 0) is 0 Å². The highest BCUT2D eigenvalue weighted by molar-refractivity contribution is 5.52. The standard InChI is InChI=1S/C8H8.H3N/c1-6-7-2-3-8(6)5-4-7;/h2-6H,1H3;1H3. The van der Waals surface area contributed by atoms with Crippen molar-refractivity contribution < 1.29 is 0 Å². The maximum Gasteiger partial charge on any atom is 0.00610 e. The minimum atomic E-state index is 0. The number of hydrogen-bond donors (Lipinski definition) is 1. The highest BCUT2D eigenvalue weighted by Crippen LogP contribution is 2.33. The molecule has 0 aromatic carbocycles. The fourth-order valence-electron chi connectivity index (χ4n) is 1.27. The van der Waals surface area contributed by atoms with E-state index in [-0.39, 0.29) is 6.15 Å². The van der Waals surface area contributed by atoms with Crippen molar-refractivity contribution in [3.8, 4) is 0 Å². The molecule has 2 aliphatic rings. The molecular formula is C8H11N. The number of fused-ring (bicyclic) bond motifs is 2. The first kappa shape index (κ1) is 6.30. The lowest BCUT2D eigenvalue weighted by Crippen LogP contribution is -1.85. The zero-order chi connectivity index (χ0) is 5.56. The van der Waals surface area contributed by atoms with E-state index in [1.54, 1.807) is 0 Å². The van der Waals surface area contributed by atoms with Crippen LogP contribution >= 0.6 is 0 Å². The molecule has 48 valence electrons. The van der Waals surface area contributed by atoms with E-state index in [1.807, 2.05) is 0 Å². The van der Waals surface area contributed by atoms with Crippen molar-refractivity contribution in [1.82, 2.24) is 6.15 Å². The molecule has 1 heteroatoms. The van der Waals surface area contributed by atoms with Crippen LogP contribution in [0.15, 0.2) is 35.5 Å². The van der Waals surface area contributed by atoms with Crippen molar-refractivity contribution in [1.29, 1.82) is 0 Å². The first-order valence-corrected chi connectivity index (χ1v) is 2.98. The first-order chi connectivity index (χ1) is 3.88. The molecule has 0 atom stereocenters. The van der Waals surface area contributed by atoms with Crippen LogP contribution in [0.5, 0.6) is 0 Å². The molecule has 2 bridgehead atoms. The Labute approximate surface area is 55.3 Å². The van der Waals surface area contributed by atoms with Gasteiger partial charge in [0.15, 0.2) is 0 Å². The molecule has 0 saturated carbocycles. The average molecular weight is 121 g/mol. The van der Waals surface area contributed by atoms with Crippen molar-refractivity contribution in [2.75, 3.05) is 0 Å². The van der Waals surface area contributed by atoms with E-state index >= 15 is 0 Å². The van der Waals surface area contributed by atoms with Gasteiger partial charge in [0.2, 0.25) is 0 Å². The van der Waals surface area contributed by atoms with Crippen molar-refractivity contribution in [2.24, 2.45) is 5.92 Å². The molecule has 2 aliphatic carbocycles. The van der Waals surface area contributed by atoms with Crippen LogP contribution in [0.4, 0.5) is 0 Å². The van der Waals surface area contributed by atoms with Gasteiger partial charge in [0.1, 0.15) is 0 Å². The van der Waals surface area contributed by atoms with Gasteiger partial charge in [-0.25, -0.2) is 0 Å². The van der Waals surface area contributed by atoms with E-state index in [0.717, 1.165) is 0 Å². The monoisotopic (exact) mass is 121 g/mol. The van der Waals surface area contributed by atoms with E-state index < -0.39 is 0 Å². The van der Waals surface area contributed by atoms with Gasteiger partial charge in [-0.15, -0.1) is 0 Å². The maximum absolute atomic E-state index is 2.24. The van der Waals surface area contributed by atoms with Gasteiger partial charge in [-0.3, -0.25) is 0 Å². The molecule has 9 heavy (non-hydrogen) atoms. The molecule has 1 nitrogen and oxygen atoms in total. The zero-order valence-electron chi connectivity index (χ0n) is 5.59. The molecule has 0 aromatic rings. The van der Waals surface area contributed by atoms with Crippen LogP contribution in [0.25, 0.3) is 0 Å². The van der Waals surface area contributed by atoms with Gasteiger partial charge in [0.05, 0.1) is 0 Å². The van der Waals surface area contributed by atoms with E-state index in [0.29, 0.717) is 5.92 Å². The zero-order valence-corrected chi connectivity index (χ0v) is 5.59. The van der Waals surface area contributed by atoms with Gasteiger partial charge in [-0.05, 0) is 11.1 Å². The summed E-state index contributed by atoms with van der Waals surface area (Å²) in [6.45, 7) is 2.24. The molecule has 0 aromatic heterocycles. The Kier molecular flexibility index (Phi) is 1.29. The van der Waals surface area contributed by atoms with Gasteiger partial charge in [-0.2, -0.15) is 0 Å². The number of allylic oxidation sites excluding steroid dienone is 6. The summed E-state index contributed by atoms with van der Waals surface area (Å²) in [5.41, 5.74) is 2.94. The normalized spacial score (nSPS) is 21.4. The summed E-state index contributed by atoms with van der Waals surface area (Å²) in [5, 5.41) is 0. The molecule has 3 N–H and O–H groups in total. The van der Waals surface area contributed by atoms with E-state index in [1.165, 1.54) is 11.1 Å².